The van der Waals surface area contributed by atoms with Crippen LogP contribution in [0.4, 0.5) is 0 Å². The molecule has 2 aliphatic rings. The van der Waals surface area contributed by atoms with Gasteiger partial charge in [0.25, 0.3) is 0 Å². The van der Waals surface area contributed by atoms with Crippen molar-refractivity contribution in [3.8, 4) is 0 Å². The number of piperidine rings is 1. The van der Waals surface area contributed by atoms with Gasteiger partial charge in [-0.2, -0.15) is 0 Å². The number of carbonyl (C=O) groups excluding carboxylic acids is 1. The lowest BCUT2D eigenvalue weighted by Gasteiger charge is -2.47. The smallest absolute Gasteiger partial charge is 0.224 e. The third-order valence-electron chi connectivity index (χ3n) is 4.81. The van der Waals surface area contributed by atoms with E-state index in [2.05, 4.69) is 19.2 Å². The molecular weight excluding hydrogens is 240 g/mol. The van der Waals surface area contributed by atoms with E-state index in [1.807, 2.05) is 4.90 Å². The van der Waals surface area contributed by atoms with E-state index in [0.29, 0.717) is 12.3 Å². The summed E-state index contributed by atoms with van der Waals surface area (Å²) in [6, 6.07) is 0.240. The summed E-state index contributed by atoms with van der Waals surface area (Å²) in [6.07, 6.45) is 5.66. The van der Waals surface area contributed by atoms with E-state index >= 15 is 0 Å². The van der Waals surface area contributed by atoms with Gasteiger partial charge in [0.1, 0.15) is 0 Å². The molecular formula is C15H28N2O2. The lowest BCUT2D eigenvalue weighted by Crippen LogP contribution is -2.55. The molecule has 0 aromatic rings. The first-order valence-electron chi connectivity index (χ1n) is 7.78. The highest BCUT2D eigenvalue weighted by Crippen LogP contribution is 2.39. The number of rotatable bonds is 4. The van der Waals surface area contributed by atoms with Gasteiger partial charge in [0.05, 0.1) is 5.60 Å². The molecule has 0 aromatic heterocycles. The molecule has 2 rings (SSSR count). The first-order chi connectivity index (χ1) is 9.05. The normalized spacial score (nSPS) is 32.8. The summed E-state index contributed by atoms with van der Waals surface area (Å²) in [5.74, 6) is 0.537. The minimum atomic E-state index is -0.484. The summed E-state index contributed by atoms with van der Waals surface area (Å²) >= 11 is 0. The SMILES string of the molecule is CCNC(C)CC(=O)N1CCC2(O)CCCCC2C1. The summed E-state index contributed by atoms with van der Waals surface area (Å²) in [4.78, 5) is 14.2. The molecule has 1 amide bonds. The van der Waals surface area contributed by atoms with Crippen LogP contribution in [0.25, 0.3) is 0 Å². The fourth-order valence-electron chi connectivity index (χ4n) is 3.61. The van der Waals surface area contributed by atoms with Crippen LogP contribution in [0.15, 0.2) is 0 Å². The van der Waals surface area contributed by atoms with Crippen molar-refractivity contribution in [1.29, 1.82) is 0 Å². The van der Waals surface area contributed by atoms with Gasteiger partial charge in [-0.3, -0.25) is 4.79 Å². The van der Waals surface area contributed by atoms with Crippen LogP contribution in [0.1, 0.15) is 52.4 Å². The Morgan fingerprint density at radius 3 is 3.00 bits per heavy atom. The maximum atomic E-state index is 12.3. The zero-order valence-corrected chi connectivity index (χ0v) is 12.3. The van der Waals surface area contributed by atoms with Crippen molar-refractivity contribution in [3.05, 3.63) is 0 Å². The van der Waals surface area contributed by atoms with Crippen LogP contribution in [0.2, 0.25) is 0 Å². The molecule has 1 aliphatic carbocycles. The Morgan fingerprint density at radius 1 is 1.47 bits per heavy atom. The lowest BCUT2D eigenvalue weighted by atomic mass is 9.71. The maximum absolute atomic E-state index is 12.3. The van der Waals surface area contributed by atoms with Gasteiger partial charge in [-0.15, -0.1) is 0 Å². The average molecular weight is 268 g/mol. The minimum absolute atomic E-state index is 0.237. The van der Waals surface area contributed by atoms with Gasteiger partial charge < -0.3 is 15.3 Å². The molecule has 1 saturated carbocycles. The van der Waals surface area contributed by atoms with Crippen LogP contribution in [-0.4, -0.2) is 47.2 Å². The van der Waals surface area contributed by atoms with Crippen molar-refractivity contribution in [3.63, 3.8) is 0 Å². The number of amides is 1. The number of nitrogens with one attached hydrogen (secondary N) is 1. The fraction of sp³-hybridized carbons (Fsp3) is 0.933. The molecule has 3 unspecified atom stereocenters. The summed E-state index contributed by atoms with van der Waals surface area (Å²) in [7, 11) is 0. The minimum Gasteiger partial charge on any atom is -0.389 e. The standard InChI is InChI=1S/C15H28N2O2/c1-3-16-12(2)10-14(18)17-9-8-15(19)7-5-4-6-13(15)11-17/h12-13,16,19H,3-11H2,1-2H3. The van der Waals surface area contributed by atoms with Crippen molar-refractivity contribution in [1.82, 2.24) is 10.2 Å². The molecule has 110 valence electrons. The number of likely N-dealkylation sites (tertiary alicyclic amines) is 1. The van der Waals surface area contributed by atoms with Crippen LogP contribution < -0.4 is 5.32 Å². The van der Waals surface area contributed by atoms with E-state index in [1.165, 1.54) is 6.42 Å². The average Bonchev–Trinajstić information content (AvgIpc) is 2.37. The third kappa shape index (κ3) is 3.48. The summed E-state index contributed by atoms with van der Waals surface area (Å²) in [6.45, 7) is 6.50. The predicted molar refractivity (Wildman–Crippen MR) is 75.9 cm³/mol. The predicted octanol–water partition coefficient (Wildman–Crippen LogP) is 1.53. The molecule has 19 heavy (non-hydrogen) atoms. The number of hydrogen-bond donors (Lipinski definition) is 2. The molecule has 0 aromatic carbocycles. The molecule has 0 spiro atoms. The first kappa shape index (κ1) is 14.8. The van der Waals surface area contributed by atoms with Gasteiger partial charge in [-0.1, -0.05) is 19.8 Å². The Kier molecular flexibility index (Phi) is 4.85. The molecule has 0 bridgehead atoms. The van der Waals surface area contributed by atoms with Crippen molar-refractivity contribution in [2.45, 2.75) is 64.0 Å². The molecule has 4 nitrogen and oxygen atoms in total. The number of aliphatic hydroxyl groups is 1. The Bertz CT molecular complexity index is 321. The van der Waals surface area contributed by atoms with E-state index in [9.17, 15) is 9.90 Å². The number of hydrogen-bond acceptors (Lipinski definition) is 3. The Hall–Kier alpha value is -0.610. The number of nitrogens with zero attached hydrogens (tertiary/aromatic N) is 1. The Balaban J connectivity index is 1.88. The molecule has 1 heterocycles. The van der Waals surface area contributed by atoms with Crippen LogP contribution in [0.5, 0.6) is 0 Å². The van der Waals surface area contributed by atoms with Gasteiger partial charge in [0, 0.05) is 31.5 Å². The van der Waals surface area contributed by atoms with Crippen molar-refractivity contribution in [2.24, 2.45) is 5.92 Å². The van der Waals surface area contributed by atoms with E-state index in [4.69, 9.17) is 0 Å². The Morgan fingerprint density at radius 2 is 2.26 bits per heavy atom. The van der Waals surface area contributed by atoms with E-state index < -0.39 is 5.60 Å². The number of carbonyl (C=O) groups is 1. The molecule has 2 fully saturated rings. The lowest BCUT2D eigenvalue weighted by molar-refractivity contribution is -0.143. The van der Waals surface area contributed by atoms with Gasteiger partial charge in [0.15, 0.2) is 0 Å². The molecule has 1 aliphatic heterocycles. The second-order valence-corrected chi connectivity index (χ2v) is 6.30. The van der Waals surface area contributed by atoms with Crippen molar-refractivity contribution >= 4 is 5.91 Å². The largest absolute Gasteiger partial charge is 0.389 e. The van der Waals surface area contributed by atoms with Crippen LogP contribution in [-0.2, 0) is 4.79 Å². The second-order valence-electron chi connectivity index (χ2n) is 6.30. The zero-order chi connectivity index (χ0) is 13.9. The highest BCUT2D eigenvalue weighted by atomic mass is 16.3. The first-order valence-corrected chi connectivity index (χ1v) is 7.78. The molecule has 3 atom stereocenters. The molecule has 0 radical (unpaired) electrons. The van der Waals surface area contributed by atoms with Gasteiger partial charge in [-0.25, -0.2) is 0 Å². The van der Waals surface area contributed by atoms with Crippen LogP contribution in [0, 0.1) is 5.92 Å². The zero-order valence-electron chi connectivity index (χ0n) is 12.3. The van der Waals surface area contributed by atoms with Gasteiger partial charge in [0.2, 0.25) is 5.91 Å². The summed E-state index contributed by atoms with van der Waals surface area (Å²) in [5, 5.41) is 13.9. The molecule has 4 heteroatoms. The monoisotopic (exact) mass is 268 g/mol. The van der Waals surface area contributed by atoms with Crippen molar-refractivity contribution in [2.75, 3.05) is 19.6 Å². The van der Waals surface area contributed by atoms with E-state index in [1.54, 1.807) is 0 Å². The number of fused-ring (bicyclic) bond motifs is 1. The molecule has 1 saturated heterocycles. The maximum Gasteiger partial charge on any atom is 0.224 e. The van der Waals surface area contributed by atoms with E-state index in [0.717, 1.165) is 45.3 Å². The van der Waals surface area contributed by atoms with Crippen molar-refractivity contribution < 1.29 is 9.90 Å². The van der Waals surface area contributed by atoms with Gasteiger partial charge in [-0.05, 0) is 32.7 Å². The topological polar surface area (TPSA) is 52.6 Å². The third-order valence-corrected chi connectivity index (χ3v) is 4.81. The highest BCUT2D eigenvalue weighted by Gasteiger charge is 2.43. The van der Waals surface area contributed by atoms with Crippen LogP contribution >= 0.6 is 0 Å². The summed E-state index contributed by atoms with van der Waals surface area (Å²) < 4.78 is 0. The second kappa shape index (κ2) is 6.23. The highest BCUT2D eigenvalue weighted by molar-refractivity contribution is 5.77. The fourth-order valence-corrected chi connectivity index (χ4v) is 3.61. The quantitative estimate of drug-likeness (QED) is 0.813. The van der Waals surface area contributed by atoms with Gasteiger partial charge >= 0.3 is 0 Å². The molecule has 2 N–H and O–H groups in total. The Labute approximate surface area is 116 Å². The van der Waals surface area contributed by atoms with Crippen LogP contribution in [0.3, 0.4) is 0 Å². The van der Waals surface area contributed by atoms with E-state index in [-0.39, 0.29) is 11.9 Å². The summed E-state index contributed by atoms with van der Waals surface area (Å²) in [5.41, 5.74) is -0.484.